The molecule has 0 radical (unpaired) electrons. The first kappa shape index (κ1) is 28.3. The molecule has 0 saturated carbocycles. The molecule has 2 aromatic carbocycles. The Morgan fingerprint density at radius 3 is 2.27 bits per heavy atom. The molecule has 0 bridgehead atoms. The van der Waals surface area contributed by atoms with Crippen molar-refractivity contribution in [2.75, 3.05) is 27.9 Å². The summed E-state index contributed by atoms with van der Waals surface area (Å²) in [7, 11) is 3.99. The summed E-state index contributed by atoms with van der Waals surface area (Å²) >= 11 is 8.39. The predicted molar refractivity (Wildman–Crippen MR) is 142 cm³/mol. The van der Waals surface area contributed by atoms with Crippen LogP contribution < -0.4 is 4.74 Å². The average Bonchev–Trinajstić information content (AvgIpc) is 3.23. The number of thioether (sulfide) groups is 1. The Balaban J connectivity index is 2.17. The average molecular weight is 546 g/mol. The van der Waals surface area contributed by atoms with Crippen LogP contribution in [0.15, 0.2) is 70.6 Å². The lowest BCUT2D eigenvalue weighted by atomic mass is 9.72. The summed E-state index contributed by atoms with van der Waals surface area (Å²) in [5, 5.41) is -0.355. The van der Waals surface area contributed by atoms with E-state index in [-0.39, 0.29) is 13.0 Å². The second kappa shape index (κ2) is 12.8. The molecule has 8 nitrogen and oxygen atoms in total. The molecule has 0 amide bonds. The molecule has 0 aromatic heterocycles. The zero-order chi connectivity index (χ0) is 27.0. The number of esters is 3. The number of allylic oxidation sites excluding steroid dienone is 1. The molecular weight excluding hydrogens is 518 g/mol. The Bertz CT molecular complexity index is 1180. The number of fused-ring (bicyclic) bond motifs is 1. The SMILES string of the molecule is CCOC(=O)/C=C/[C@H](Cl)[C@]1(CC(C(=O)OC)C(=O)OC)C(Sc2ccc(OC)cc2)=Nc2ccccc21. The van der Waals surface area contributed by atoms with Crippen LogP contribution in [0.5, 0.6) is 5.75 Å². The van der Waals surface area contributed by atoms with Crippen molar-refractivity contribution in [1.29, 1.82) is 0 Å². The van der Waals surface area contributed by atoms with Crippen molar-refractivity contribution in [3.63, 3.8) is 0 Å². The second-order valence-corrected chi connectivity index (χ2v) is 9.53. The van der Waals surface area contributed by atoms with Crippen molar-refractivity contribution in [2.45, 2.75) is 29.0 Å². The van der Waals surface area contributed by atoms with E-state index in [2.05, 4.69) is 0 Å². The number of methoxy groups -OCH3 is 3. The quantitative estimate of drug-likeness (QED) is 0.137. The Morgan fingerprint density at radius 2 is 1.68 bits per heavy atom. The molecule has 0 spiro atoms. The largest absolute Gasteiger partial charge is 0.497 e. The van der Waals surface area contributed by atoms with E-state index in [4.69, 9.17) is 35.5 Å². The minimum atomic E-state index is -1.29. The van der Waals surface area contributed by atoms with Crippen molar-refractivity contribution in [2.24, 2.45) is 10.9 Å². The Morgan fingerprint density at radius 1 is 1.03 bits per heavy atom. The number of benzene rings is 2. The fourth-order valence-electron chi connectivity index (χ4n) is 4.11. The first-order valence-corrected chi connectivity index (χ1v) is 12.7. The van der Waals surface area contributed by atoms with Gasteiger partial charge in [0.05, 0.1) is 49.5 Å². The summed E-state index contributed by atoms with van der Waals surface area (Å²) in [6.45, 7) is 1.91. The van der Waals surface area contributed by atoms with Gasteiger partial charge in [0.15, 0.2) is 5.92 Å². The molecule has 1 aliphatic heterocycles. The summed E-state index contributed by atoms with van der Waals surface area (Å²) in [5.41, 5.74) is 0.165. The molecule has 3 rings (SSSR count). The van der Waals surface area contributed by atoms with Gasteiger partial charge < -0.3 is 18.9 Å². The first-order chi connectivity index (χ1) is 17.8. The lowest BCUT2D eigenvalue weighted by Crippen LogP contribution is -2.45. The Hall–Kier alpha value is -3.30. The first-order valence-electron chi connectivity index (χ1n) is 11.5. The molecule has 2 atom stereocenters. The van der Waals surface area contributed by atoms with Gasteiger partial charge in [0, 0.05) is 11.0 Å². The standard InChI is InChI=1S/C27H28ClNO7S/c1-5-36-23(30)15-14-22(28)27(16-19(24(31)34-3)25(32)35-4)20-8-6-7-9-21(20)29-26(27)37-18-12-10-17(33-2)11-13-18/h6-15,19,22H,5,16H2,1-4H3/b15-14+/t22-,27+/m0/s1. The van der Waals surface area contributed by atoms with E-state index >= 15 is 0 Å². The number of para-hydroxylation sites is 1. The van der Waals surface area contributed by atoms with Crippen LogP contribution in [0.1, 0.15) is 18.9 Å². The zero-order valence-corrected chi connectivity index (χ0v) is 22.5. The zero-order valence-electron chi connectivity index (χ0n) is 20.9. The summed E-state index contributed by atoms with van der Waals surface area (Å²) in [6, 6.07) is 14.7. The molecule has 0 aliphatic carbocycles. The number of halogens is 1. The number of carbonyl (C=O) groups excluding carboxylic acids is 3. The van der Waals surface area contributed by atoms with Gasteiger partial charge in [-0.05, 0) is 49.2 Å². The van der Waals surface area contributed by atoms with Crippen LogP contribution in [-0.4, -0.2) is 56.3 Å². The monoisotopic (exact) mass is 545 g/mol. The highest BCUT2D eigenvalue weighted by molar-refractivity contribution is 8.14. The summed E-state index contributed by atoms with van der Waals surface area (Å²) in [6.07, 6.45) is 2.63. The van der Waals surface area contributed by atoms with Crippen LogP contribution >= 0.6 is 23.4 Å². The van der Waals surface area contributed by atoms with Gasteiger partial charge in [0.2, 0.25) is 0 Å². The molecule has 196 valence electrons. The van der Waals surface area contributed by atoms with Crippen molar-refractivity contribution in [3.05, 3.63) is 66.2 Å². The molecule has 37 heavy (non-hydrogen) atoms. The van der Waals surface area contributed by atoms with E-state index in [0.29, 0.717) is 22.0 Å². The number of hydrogen-bond acceptors (Lipinski definition) is 9. The minimum Gasteiger partial charge on any atom is -0.497 e. The van der Waals surface area contributed by atoms with Gasteiger partial charge in [-0.3, -0.25) is 9.59 Å². The Kier molecular flexibility index (Phi) is 9.77. The van der Waals surface area contributed by atoms with Crippen LogP contribution in [0, 0.1) is 5.92 Å². The highest BCUT2D eigenvalue weighted by Crippen LogP contribution is 2.52. The molecule has 0 fully saturated rings. The van der Waals surface area contributed by atoms with Crippen LogP contribution in [0.25, 0.3) is 0 Å². The minimum absolute atomic E-state index is 0.104. The number of nitrogens with zero attached hydrogens (tertiary/aromatic N) is 1. The summed E-state index contributed by atoms with van der Waals surface area (Å²) in [5.74, 6) is -2.69. The van der Waals surface area contributed by atoms with Crippen molar-refractivity contribution >= 4 is 52.0 Å². The molecule has 0 unspecified atom stereocenters. The third kappa shape index (κ3) is 6.17. The topological polar surface area (TPSA) is 100 Å². The predicted octanol–water partition coefficient (Wildman–Crippen LogP) is 4.85. The number of ether oxygens (including phenoxy) is 4. The van der Waals surface area contributed by atoms with Crippen LogP contribution in [0.4, 0.5) is 5.69 Å². The Labute approximate surface area is 225 Å². The molecule has 1 aliphatic rings. The molecule has 10 heteroatoms. The molecule has 0 saturated heterocycles. The van der Waals surface area contributed by atoms with Crippen molar-refractivity contribution in [3.8, 4) is 5.75 Å². The van der Waals surface area contributed by atoms with Gasteiger partial charge in [-0.25, -0.2) is 9.79 Å². The smallest absolute Gasteiger partial charge is 0.330 e. The number of alkyl halides is 1. The second-order valence-electron chi connectivity index (χ2n) is 8.00. The van der Waals surface area contributed by atoms with Gasteiger partial charge in [-0.1, -0.05) is 36.0 Å². The van der Waals surface area contributed by atoms with Gasteiger partial charge in [-0.2, -0.15) is 0 Å². The normalized spacial score (nSPS) is 17.2. The maximum atomic E-state index is 12.7. The van der Waals surface area contributed by atoms with Crippen LogP contribution in [-0.2, 0) is 34.0 Å². The van der Waals surface area contributed by atoms with Gasteiger partial charge in [0.25, 0.3) is 0 Å². The van der Waals surface area contributed by atoms with Crippen LogP contribution in [0.2, 0.25) is 0 Å². The van der Waals surface area contributed by atoms with E-state index in [9.17, 15) is 14.4 Å². The van der Waals surface area contributed by atoms with Crippen LogP contribution in [0.3, 0.4) is 0 Å². The highest BCUT2D eigenvalue weighted by Gasteiger charge is 2.52. The number of rotatable bonds is 10. The lowest BCUT2D eigenvalue weighted by molar-refractivity contribution is -0.159. The van der Waals surface area contributed by atoms with Crippen molar-refractivity contribution < 1.29 is 33.3 Å². The van der Waals surface area contributed by atoms with E-state index in [0.717, 1.165) is 4.90 Å². The van der Waals surface area contributed by atoms with E-state index in [1.807, 2.05) is 48.5 Å². The fourth-order valence-corrected chi connectivity index (χ4v) is 5.69. The van der Waals surface area contributed by atoms with E-state index in [1.54, 1.807) is 14.0 Å². The molecule has 0 N–H and O–H groups in total. The number of hydrogen-bond donors (Lipinski definition) is 0. The molecule has 2 aromatic rings. The third-order valence-electron chi connectivity index (χ3n) is 5.92. The maximum Gasteiger partial charge on any atom is 0.330 e. The summed E-state index contributed by atoms with van der Waals surface area (Å²) in [4.78, 5) is 43.3. The van der Waals surface area contributed by atoms with E-state index in [1.165, 1.54) is 38.1 Å². The van der Waals surface area contributed by atoms with Gasteiger partial charge in [0.1, 0.15) is 5.75 Å². The van der Waals surface area contributed by atoms with Gasteiger partial charge in [-0.15, -0.1) is 11.6 Å². The highest BCUT2D eigenvalue weighted by atomic mass is 35.5. The van der Waals surface area contributed by atoms with E-state index < -0.39 is 34.6 Å². The van der Waals surface area contributed by atoms with Crippen molar-refractivity contribution in [1.82, 2.24) is 0 Å². The lowest BCUT2D eigenvalue weighted by Gasteiger charge is -2.36. The fraction of sp³-hybridized carbons (Fsp3) is 0.333. The molecule has 1 heterocycles. The molecular formula is C27H28ClNO7S. The number of carbonyl (C=O) groups is 3. The summed E-state index contributed by atoms with van der Waals surface area (Å²) < 4.78 is 20.1. The number of aliphatic imine (C=N–C) groups is 1. The third-order valence-corrected chi connectivity index (χ3v) is 7.59. The van der Waals surface area contributed by atoms with Gasteiger partial charge >= 0.3 is 17.9 Å². The maximum absolute atomic E-state index is 12.7.